The van der Waals surface area contributed by atoms with Crippen molar-refractivity contribution in [2.75, 3.05) is 0 Å². The Morgan fingerprint density at radius 3 is 1.87 bits per heavy atom. The molecule has 13 nitrogen and oxygen atoms in total. The summed E-state index contributed by atoms with van der Waals surface area (Å²) in [6.45, 7) is 0.395. The molecule has 0 bridgehead atoms. The number of pyridine rings is 2. The van der Waals surface area contributed by atoms with Gasteiger partial charge in [0.25, 0.3) is 11.8 Å². The van der Waals surface area contributed by atoms with Gasteiger partial charge in [-0.3, -0.25) is 19.6 Å². The molecule has 0 radical (unpaired) electrons. The highest BCUT2D eigenvalue weighted by atomic mass is 32.2. The molecule has 19 heteroatoms. The van der Waals surface area contributed by atoms with Crippen molar-refractivity contribution >= 4 is 64.1 Å². The normalized spacial score (nSPS) is 11.8. The number of hydrogen-bond donors (Lipinski definition) is 2. The molecule has 0 aliphatic heterocycles. The number of benzene rings is 3. The highest BCUT2D eigenvalue weighted by molar-refractivity contribution is 7.91. The molecule has 0 atom stereocenters. The van der Waals surface area contributed by atoms with E-state index in [1.54, 1.807) is 91.4 Å². The van der Waals surface area contributed by atoms with Gasteiger partial charge in [0.15, 0.2) is 16.4 Å². The summed E-state index contributed by atoms with van der Waals surface area (Å²) in [5, 5.41) is 5.74. The zero-order chi connectivity index (χ0) is 42.5. The second-order valence-corrected chi connectivity index (χ2v) is 17.6. The third kappa shape index (κ3) is 9.38. The fourth-order valence-electron chi connectivity index (χ4n) is 5.55. The van der Waals surface area contributed by atoms with E-state index in [0.717, 1.165) is 17.0 Å². The Morgan fingerprint density at radius 2 is 1.27 bits per heavy atom. The topological polar surface area (TPSA) is 191 Å². The van der Waals surface area contributed by atoms with Crippen molar-refractivity contribution in [1.82, 2.24) is 30.6 Å². The van der Waals surface area contributed by atoms with Crippen LogP contribution in [-0.2, 0) is 38.9 Å². The van der Waals surface area contributed by atoms with Gasteiger partial charge in [-0.1, -0.05) is 42.5 Å². The van der Waals surface area contributed by atoms with Crippen LogP contribution in [0.4, 0.5) is 13.2 Å². The molecule has 0 unspecified atom stereocenters. The lowest BCUT2D eigenvalue weighted by atomic mass is 10.2. The van der Waals surface area contributed by atoms with Crippen LogP contribution in [0.1, 0.15) is 36.9 Å². The first kappa shape index (κ1) is 41.3. The number of halogens is 3. The van der Waals surface area contributed by atoms with E-state index in [-0.39, 0.29) is 32.9 Å². The summed E-state index contributed by atoms with van der Waals surface area (Å²) in [7, 11) is -7.64. The molecule has 0 aliphatic carbocycles. The molecule has 8 aromatic rings. The molecule has 0 spiro atoms. The number of thiophene rings is 1. The van der Waals surface area contributed by atoms with Crippen LogP contribution in [0.3, 0.4) is 0 Å². The summed E-state index contributed by atoms with van der Waals surface area (Å²) in [6, 6.07) is 26.8. The smallest absolute Gasteiger partial charge is 0.417 e. The van der Waals surface area contributed by atoms with E-state index in [1.807, 2.05) is 0 Å². The number of furan rings is 1. The maximum Gasteiger partial charge on any atom is 0.417 e. The Morgan fingerprint density at radius 1 is 0.650 bits per heavy atom. The minimum Gasteiger partial charge on any atom is -0.449 e. The maximum absolute atomic E-state index is 12.6. The number of nitrogens with one attached hydrogen (secondary N) is 2. The van der Waals surface area contributed by atoms with Crippen LogP contribution in [0, 0.1) is 0 Å². The van der Waals surface area contributed by atoms with Gasteiger partial charge in [-0.25, -0.2) is 26.8 Å². The van der Waals surface area contributed by atoms with Crippen molar-refractivity contribution < 1.29 is 44.0 Å². The van der Waals surface area contributed by atoms with Crippen molar-refractivity contribution in [3.05, 3.63) is 168 Å². The summed E-state index contributed by atoms with van der Waals surface area (Å²) in [5.41, 5.74) is 1.54. The number of alkyl halides is 3. The van der Waals surface area contributed by atoms with Gasteiger partial charge >= 0.3 is 6.18 Å². The molecule has 0 saturated heterocycles. The molecule has 0 saturated carbocycles. The van der Waals surface area contributed by atoms with Gasteiger partial charge in [0.05, 0.1) is 31.3 Å². The first-order valence-corrected chi connectivity index (χ1v) is 21.3. The van der Waals surface area contributed by atoms with Crippen LogP contribution < -0.4 is 10.6 Å². The number of rotatable bonds is 10. The van der Waals surface area contributed by atoms with E-state index in [0.29, 0.717) is 45.2 Å². The second-order valence-electron chi connectivity index (χ2n) is 12.7. The first-order valence-electron chi connectivity index (χ1n) is 17.6. The number of hydrogen-bond acceptors (Lipinski definition) is 12. The summed E-state index contributed by atoms with van der Waals surface area (Å²) in [5.74, 6) is -0.557. The molecule has 304 valence electrons. The second kappa shape index (κ2) is 17.2. The van der Waals surface area contributed by atoms with Crippen molar-refractivity contribution in [2.24, 2.45) is 0 Å². The Balaban J connectivity index is 0.000000183. The lowest BCUT2D eigenvalue weighted by Crippen LogP contribution is -2.22. The van der Waals surface area contributed by atoms with Crippen molar-refractivity contribution in [3.8, 4) is 0 Å². The van der Waals surface area contributed by atoms with Gasteiger partial charge < -0.3 is 15.1 Å². The standard InChI is InChI=1S/C21H14F3N3O4S.C20H15N3O3S2/c22-21(23,24)15-3-6-19(26-11-15)32(29,30)16-4-1-13(2-5-16)10-27-20(28)17-9-14-7-8-25-12-18(14)31-17;24-19(18-12-17-20(27-18)22-11-10-21-17)23-13-14-6-8-16(9-7-14)28(25,26)15-4-2-1-3-5-15/h1-9,11-12H,10H2,(H,27,28);1-12H,13H2,(H,23,24). The molecule has 3 aromatic carbocycles. The van der Waals surface area contributed by atoms with Crippen LogP contribution in [0.25, 0.3) is 21.3 Å². The van der Waals surface area contributed by atoms with Crippen LogP contribution >= 0.6 is 11.3 Å². The Kier molecular flexibility index (Phi) is 11.8. The van der Waals surface area contributed by atoms with Crippen molar-refractivity contribution in [3.63, 3.8) is 0 Å². The Labute approximate surface area is 343 Å². The molecule has 0 fully saturated rings. The number of amides is 2. The van der Waals surface area contributed by atoms with Crippen molar-refractivity contribution in [1.29, 1.82) is 0 Å². The summed E-state index contributed by atoms with van der Waals surface area (Å²) < 4.78 is 93.8. The zero-order valence-electron chi connectivity index (χ0n) is 30.7. The monoisotopic (exact) mass is 870 g/mol. The molecule has 2 amide bonds. The van der Waals surface area contributed by atoms with Crippen LogP contribution in [0.2, 0.25) is 0 Å². The van der Waals surface area contributed by atoms with E-state index >= 15 is 0 Å². The largest absolute Gasteiger partial charge is 0.449 e. The minimum atomic E-state index is -4.61. The van der Waals surface area contributed by atoms with Crippen LogP contribution in [-0.4, -0.2) is 48.6 Å². The van der Waals surface area contributed by atoms with E-state index in [4.69, 9.17) is 4.42 Å². The van der Waals surface area contributed by atoms with Crippen LogP contribution in [0.15, 0.2) is 164 Å². The number of carbonyl (C=O) groups excluding carboxylic acids is 2. The highest BCUT2D eigenvalue weighted by Gasteiger charge is 2.31. The molecule has 5 heterocycles. The predicted octanol–water partition coefficient (Wildman–Crippen LogP) is 7.46. The summed E-state index contributed by atoms with van der Waals surface area (Å²) in [6.07, 6.45) is 2.12. The third-order valence-corrected chi connectivity index (χ3v) is 13.2. The Hall–Kier alpha value is -6.83. The summed E-state index contributed by atoms with van der Waals surface area (Å²) >= 11 is 1.28. The van der Waals surface area contributed by atoms with Gasteiger partial charge in [0.2, 0.25) is 19.7 Å². The highest BCUT2D eigenvalue weighted by Crippen LogP contribution is 2.30. The van der Waals surface area contributed by atoms with E-state index in [1.165, 1.54) is 41.8 Å². The molecular formula is C41H29F3N6O7S3. The van der Waals surface area contributed by atoms with Gasteiger partial charge in [-0.15, -0.1) is 11.3 Å². The molecule has 0 aliphatic rings. The van der Waals surface area contributed by atoms with E-state index in [2.05, 4.69) is 30.6 Å². The van der Waals surface area contributed by atoms with Gasteiger partial charge in [-0.05, 0) is 77.9 Å². The fraction of sp³-hybridized carbons (Fsp3) is 0.0732. The molecule has 8 rings (SSSR count). The quantitative estimate of drug-likeness (QED) is 0.139. The first-order chi connectivity index (χ1) is 28.7. The molecule has 60 heavy (non-hydrogen) atoms. The lowest BCUT2D eigenvalue weighted by molar-refractivity contribution is -0.137. The number of fused-ring (bicyclic) bond motifs is 2. The van der Waals surface area contributed by atoms with Gasteiger partial charge in [0, 0.05) is 43.3 Å². The maximum atomic E-state index is 12.6. The SMILES string of the molecule is O=C(NCc1ccc(S(=O)(=O)c2ccc(C(F)(F)F)cn2)cc1)c1cc2ccncc2o1.O=C(NCc1ccc(S(=O)(=O)c2ccccc2)cc1)c1cc2nccnc2s1. The average molecular weight is 871 g/mol. The molecule has 5 aromatic heterocycles. The number of carbonyl (C=O) groups is 2. The van der Waals surface area contributed by atoms with Crippen molar-refractivity contribution in [2.45, 2.75) is 39.0 Å². The summed E-state index contributed by atoms with van der Waals surface area (Å²) in [4.78, 5) is 41.9. The average Bonchev–Trinajstić information content (AvgIpc) is 3.91. The van der Waals surface area contributed by atoms with Gasteiger partial charge in [-0.2, -0.15) is 13.2 Å². The predicted molar refractivity (Wildman–Crippen MR) is 213 cm³/mol. The van der Waals surface area contributed by atoms with E-state index < -0.39 is 42.3 Å². The third-order valence-electron chi connectivity index (χ3n) is 8.70. The number of nitrogens with zero attached hydrogens (tertiary/aromatic N) is 4. The zero-order valence-corrected chi connectivity index (χ0v) is 33.1. The minimum absolute atomic E-state index is 0.104. The van der Waals surface area contributed by atoms with Crippen LogP contribution in [0.5, 0.6) is 0 Å². The molecular weight excluding hydrogens is 842 g/mol. The Bertz CT molecular complexity index is 2970. The number of aromatic nitrogens is 4. The number of sulfone groups is 2. The van der Waals surface area contributed by atoms with Gasteiger partial charge in [0.1, 0.15) is 10.3 Å². The lowest BCUT2D eigenvalue weighted by Gasteiger charge is -2.08. The fourth-order valence-corrected chi connectivity index (χ4v) is 8.88. The van der Waals surface area contributed by atoms with E-state index in [9.17, 15) is 39.6 Å². The molecule has 2 N–H and O–H groups in total.